The molecule has 24 heavy (non-hydrogen) atoms. The van der Waals surface area contributed by atoms with Crippen LogP contribution in [0.1, 0.15) is 6.42 Å². The third-order valence-electron chi connectivity index (χ3n) is 3.93. The van der Waals surface area contributed by atoms with Gasteiger partial charge in [-0.3, -0.25) is 4.68 Å². The fraction of sp³-hybridized carbons (Fsp3) is 0.250. The zero-order valence-electron chi connectivity index (χ0n) is 13.3. The van der Waals surface area contributed by atoms with Gasteiger partial charge in [-0.05, 0) is 25.1 Å². The minimum atomic E-state index is 0.542. The van der Waals surface area contributed by atoms with Crippen LogP contribution < -0.4 is 11.1 Å². The molecule has 0 spiro atoms. The molecule has 122 valence electrons. The van der Waals surface area contributed by atoms with Gasteiger partial charge in [0.25, 0.3) is 0 Å². The highest BCUT2D eigenvalue weighted by Gasteiger charge is 2.07. The van der Waals surface area contributed by atoms with E-state index in [1.165, 1.54) is 0 Å². The molecule has 0 aliphatic rings. The number of nitrogens with two attached hydrogens (primary N) is 1. The Labute approximate surface area is 138 Å². The standard InChI is InChI=1S/C16H18N8/c1-23-14-12(9-20-23)7-13(10-18-14)21-16-19-8-11-3-6-24(5-2-4-17)15(11)22-16/h3,6-10H,2,4-5,17H2,1H3,(H,19,21,22). The lowest BCUT2D eigenvalue weighted by molar-refractivity contribution is 0.666. The molecule has 3 N–H and O–H groups in total. The van der Waals surface area contributed by atoms with E-state index in [-0.39, 0.29) is 0 Å². The molecule has 4 aromatic rings. The predicted molar refractivity (Wildman–Crippen MR) is 93.0 cm³/mol. The highest BCUT2D eigenvalue weighted by atomic mass is 15.3. The Balaban J connectivity index is 1.65. The van der Waals surface area contributed by atoms with Crippen LogP contribution in [0, 0.1) is 0 Å². The normalized spacial score (nSPS) is 11.4. The quantitative estimate of drug-likeness (QED) is 0.581. The van der Waals surface area contributed by atoms with Gasteiger partial charge >= 0.3 is 0 Å². The number of rotatable bonds is 5. The Bertz CT molecular complexity index is 1000. The van der Waals surface area contributed by atoms with E-state index in [1.54, 1.807) is 17.1 Å². The van der Waals surface area contributed by atoms with E-state index in [4.69, 9.17) is 5.73 Å². The zero-order chi connectivity index (χ0) is 16.5. The van der Waals surface area contributed by atoms with Crippen molar-refractivity contribution in [2.24, 2.45) is 12.8 Å². The van der Waals surface area contributed by atoms with E-state index >= 15 is 0 Å². The summed E-state index contributed by atoms with van der Waals surface area (Å²) in [6.45, 7) is 1.51. The Hall–Kier alpha value is -3.00. The number of nitrogens with one attached hydrogen (secondary N) is 1. The van der Waals surface area contributed by atoms with Crippen LogP contribution in [0.4, 0.5) is 11.6 Å². The summed E-state index contributed by atoms with van der Waals surface area (Å²) in [6.07, 6.45) is 8.29. The Morgan fingerprint density at radius 3 is 2.92 bits per heavy atom. The average molecular weight is 322 g/mol. The monoisotopic (exact) mass is 322 g/mol. The van der Waals surface area contributed by atoms with Crippen LogP contribution in [0.5, 0.6) is 0 Å². The lowest BCUT2D eigenvalue weighted by atomic mass is 10.3. The van der Waals surface area contributed by atoms with E-state index in [0.717, 1.165) is 40.7 Å². The summed E-state index contributed by atoms with van der Waals surface area (Å²) in [5, 5.41) is 9.39. The first-order chi connectivity index (χ1) is 11.7. The summed E-state index contributed by atoms with van der Waals surface area (Å²) in [4.78, 5) is 13.4. The van der Waals surface area contributed by atoms with Gasteiger partial charge < -0.3 is 15.6 Å². The summed E-state index contributed by atoms with van der Waals surface area (Å²) in [5.74, 6) is 0.542. The molecule has 8 heteroatoms. The molecular formula is C16H18N8. The number of anilines is 2. The molecule has 0 aromatic carbocycles. The van der Waals surface area contributed by atoms with Gasteiger partial charge in [-0.2, -0.15) is 10.1 Å². The van der Waals surface area contributed by atoms with Crippen molar-refractivity contribution in [2.45, 2.75) is 13.0 Å². The number of pyridine rings is 1. The maximum Gasteiger partial charge on any atom is 0.229 e. The molecule has 0 bridgehead atoms. The molecule has 0 aliphatic carbocycles. The molecule has 0 fully saturated rings. The molecule has 0 saturated carbocycles. The van der Waals surface area contributed by atoms with Gasteiger partial charge in [0.2, 0.25) is 5.95 Å². The molecule has 8 nitrogen and oxygen atoms in total. The SMILES string of the molecule is Cn1ncc2cc(Nc3ncc4ccn(CCCN)c4n3)cnc21. The van der Waals surface area contributed by atoms with Crippen molar-refractivity contribution in [3.8, 4) is 0 Å². The van der Waals surface area contributed by atoms with Gasteiger partial charge in [-0.15, -0.1) is 0 Å². The van der Waals surface area contributed by atoms with Crippen molar-refractivity contribution in [1.82, 2.24) is 29.3 Å². The molecule has 0 atom stereocenters. The maximum atomic E-state index is 5.60. The summed E-state index contributed by atoms with van der Waals surface area (Å²) in [7, 11) is 1.87. The van der Waals surface area contributed by atoms with Crippen LogP contribution in [-0.2, 0) is 13.6 Å². The summed E-state index contributed by atoms with van der Waals surface area (Å²) >= 11 is 0. The second-order valence-electron chi connectivity index (χ2n) is 5.65. The van der Waals surface area contributed by atoms with Gasteiger partial charge in [0.1, 0.15) is 5.65 Å². The van der Waals surface area contributed by atoms with Crippen molar-refractivity contribution in [1.29, 1.82) is 0 Å². The Kier molecular flexibility index (Phi) is 3.58. The molecule has 4 aromatic heterocycles. The average Bonchev–Trinajstić information content (AvgIpc) is 3.16. The molecule has 0 saturated heterocycles. The van der Waals surface area contributed by atoms with Crippen molar-refractivity contribution in [3.63, 3.8) is 0 Å². The summed E-state index contributed by atoms with van der Waals surface area (Å²) in [6, 6.07) is 4.00. The first kappa shape index (κ1) is 14.6. The fourth-order valence-corrected chi connectivity index (χ4v) is 2.71. The smallest absolute Gasteiger partial charge is 0.229 e. The van der Waals surface area contributed by atoms with Gasteiger partial charge in [0, 0.05) is 36.8 Å². The fourth-order valence-electron chi connectivity index (χ4n) is 2.71. The van der Waals surface area contributed by atoms with Crippen LogP contribution in [0.2, 0.25) is 0 Å². The van der Waals surface area contributed by atoms with Crippen LogP contribution in [-0.4, -0.2) is 35.8 Å². The minimum absolute atomic E-state index is 0.542. The molecule has 4 rings (SSSR count). The lowest BCUT2D eigenvalue weighted by Gasteiger charge is -2.07. The topological polar surface area (TPSA) is 99.5 Å². The number of fused-ring (bicyclic) bond motifs is 2. The molecular weight excluding hydrogens is 304 g/mol. The van der Waals surface area contributed by atoms with Crippen LogP contribution in [0.3, 0.4) is 0 Å². The molecule has 0 amide bonds. The van der Waals surface area contributed by atoms with E-state index < -0.39 is 0 Å². The number of aromatic nitrogens is 6. The van der Waals surface area contributed by atoms with E-state index in [2.05, 4.69) is 29.9 Å². The minimum Gasteiger partial charge on any atom is -0.332 e. The lowest BCUT2D eigenvalue weighted by Crippen LogP contribution is -2.06. The summed E-state index contributed by atoms with van der Waals surface area (Å²) in [5.41, 5.74) is 8.16. The molecule has 0 unspecified atom stereocenters. The van der Waals surface area contributed by atoms with Crippen molar-refractivity contribution >= 4 is 33.7 Å². The van der Waals surface area contributed by atoms with Crippen LogP contribution >= 0.6 is 0 Å². The second kappa shape index (κ2) is 5.89. The van der Waals surface area contributed by atoms with Gasteiger partial charge in [0.15, 0.2) is 5.65 Å². The predicted octanol–water partition coefficient (Wildman–Crippen LogP) is 1.81. The van der Waals surface area contributed by atoms with Gasteiger partial charge in [-0.1, -0.05) is 0 Å². The highest BCUT2D eigenvalue weighted by Crippen LogP contribution is 2.20. The first-order valence-corrected chi connectivity index (χ1v) is 7.81. The first-order valence-electron chi connectivity index (χ1n) is 7.81. The maximum absolute atomic E-state index is 5.60. The number of aryl methyl sites for hydroxylation is 2. The largest absolute Gasteiger partial charge is 0.332 e. The molecule has 0 radical (unpaired) electrons. The summed E-state index contributed by atoms with van der Waals surface area (Å²) < 4.78 is 3.84. The third-order valence-corrected chi connectivity index (χ3v) is 3.93. The van der Waals surface area contributed by atoms with E-state index in [0.29, 0.717) is 12.5 Å². The number of nitrogens with zero attached hydrogens (tertiary/aromatic N) is 6. The Morgan fingerprint density at radius 1 is 1.12 bits per heavy atom. The third kappa shape index (κ3) is 2.56. The van der Waals surface area contributed by atoms with Crippen LogP contribution in [0.25, 0.3) is 22.1 Å². The molecule has 0 aliphatic heterocycles. The van der Waals surface area contributed by atoms with Crippen molar-refractivity contribution in [2.75, 3.05) is 11.9 Å². The van der Waals surface area contributed by atoms with Crippen LogP contribution in [0.15, 0.2) is 36.9 Å². The number of hydrogen-bond donors (Lipinski definition) is 2. The van der Waals surface area contributed by atoms with E-state index in [9.17, 15) is 0 Å². The second-order valence-corrected chi connectivity index (χ2v) is 5.65. The highest BCUT2D eigenvalue weighted by molar-refractivity contribution is 5.80. The Morgan fingerprint density at radius 2 is 2.04 bits per heavy atom. The van der Waals surface area contributed by atoms with Crippen molar-refractivity contribution < 1.29 is 0 Å². The van der Waals surface area contributed by atoms with Gasteiger partial charge in [0.05, 0.1) is 18.1 Å². The van der Waals surface area contributed by atoms with Gasteiger partial charge in [-0.25, -0.2) is 9.97 Å². The van der Waals surface area contributed by atoms with E-state index in [1.807, 2.05) is 31.6 Å². The van der Waals surface area contributed by atoms with Crippen molar-refractivity contribution in [3.05, 3.63) is 36.9 Å². The number of hydrogen-bond acceptors (Lipinski definition) is 6. The zero-order valence-corrected chi connectivity index (χ0v) is 13.3. The molecule has 4 heterocycles.